The summed E-state index contributed by atoms with van der Waals surface area (Å²) < 4.78 is 0. The van der Waals surface area contributed by atoms with Gasteiger partial charge in [0.25, 0.3) is 5.91 Å². The summed E-state index contributed by atoms with van der Waals surface area (Å²) in [5, 5.41) is 3.31. The molecule has 1 heterocycles. The van der Waals surface area contributed by atoms with Crippen LogP contribution in [0.25, 0.3) is 0 Å². The smallest absolute Gasteiger partial charge is 0.254 e. The standard InChI is InChI=1S/C15H22N2OS/c1-3-19-11-13-4-6-14(7-5-13)15(18)17-9-8-16-10-12(17)2/h4-7,12,16H,3,8-11H2,1-2H3/t12-/m1/s1. The van der Waals surface area contributed by atoms with Crippen molar-refractivity contribution in [2.75, 3.05) is 25.4 Å². The molecule has 1 atom stereocenters. The van der Waals surface area contributed by atoms with E-state index in [0.29, 0.717) is 0 Å². The molecule has 19 heavy (non-hydrogen) atoms. The Balaban J connectivity index is 2.02. The molecule has 0 radical (unpaired) electrons. The number of amides is 1. The van der Waals surface area contributed by atoms with Gasteiger partial charge in [0.05, 0.1) is 0 Å². The number of rotatable bonds is 4. The maximum atomic E-state index is 12.4. The summed E-state index contributed by atoms with van der Waals surface area (Å²) >= 11 is 1.90. The maximum absolute atomic E-state index is 12.4. The molecule has 104 valence electrons. The van der Waals surface area contributed by atoms with Gasteiger partial charge in [-0.3, -0.25) is 4.79 Å². The number of piperazine rings is 1. The third-order valence-electron chi connectivity index (χ3n) is 3.44. The molecule has 0 aliphatic carbocycles. The van der Waals surface area contributed by atoms with Gasteiger partial charge in [0.15, 0.2) is 0 Å². The van der Waals surface area contributed by atoms with Gasteiger partial charge in [0.1, 0.15) is 0 Å². The topological polar surface area (TPSA) is 32.3 Å². The molecule has 1 amide bonds. The van der Waals surface area contributed by atoms with Gasteiger partial charge in [-0.05, 0) is 30.4 Å². The van der Waals surface area contributed by atoms with Gasteiger partial charge in [0, 0.05) is 37.0 Å². The molecule has 1 aliphatic rings. The highest BCUT2D eigenvalue weighted by Crippen LogP contribution is 2.15. The summed E-state index contributed by atoms with van der Waals surface area (Å²) in [5.41, 5.74) is 2.09. The zero-order valence-corrected chi connectivity index (χ0v) is 12.5. The average molecular weight is 278 g/mol. The lowest BCUT2D eigenvalue weighted by molar-refractivity contribution is 0.0656. The van der Waals surface area contributed by atoms with E-state index in [1.165, 1.54) is 5.56 Å². The molecule has 0 unspecified atom stereocenters. The summed E-state index contributed by atoms with van der Waals surface area (Å²) in [7, 11) is 0. The molecule has 0 aromatic heterocycles. The highest BCUT2D eigenvalue weighted by atomic mass is 32.2. The molecule has 1 fully saturated rings. The van der Waals surface area contributed by atoms with E-state index >= 15 is 0 Å². The maximum Gasteiger partial charge on any atom is 0.254 e. The van der Waals surface area contributed by atoms with Crippen molar-refractivity contribution >= 4 is 17.7 Å². The first-order chi connectivity index (χ1) is 9.22. The van der Waals surface area contributed by atoms with E-state index in [1.54, 1.807) is 0 Å². The van der Waals surface area contributed by atoms with Crippen LogP contribution in [0.15, 0.2) is 24.3 Å². The lowest BCUT2D eigenvalue weighted by Gasteiger charge is -2.34. The van der Waals surface area contributed by atoms with E-state index in [4.69, 9.17) is 0 Å². The first-order valence-corrected chi connectivity index (χ1v) is 8.06. The molecule has 0 saturated carbocycles. The predicted molar refractivity (Wildman–Crippen MR) is 81.6 cm³/mol. The Hall–Kier alpha value is -1.00. The lowest BCUT2D eigenvalue weighted by atomic mass is 10.1. The molecule has 3 nitrogen and oxygen atoms in total. The van der Waals surface area contributed by atoms with Crippen LogP contribution in [0.4, 0.5) is 0 Å². The van der Waals surface area contributed by atoms with Gasteiger partial charge in [-0.25, -0.2) is 0 Å². The number of benzene rings is 1. The zero-order chi connectivity index (χ0) is 13.7. The van der Waals surface area contributed by atoms with Gasteiger partial charge in [-0.2, -0.15) is 11.8 Å². The third kappa shape index (κ3) is 3.74. The first-order valence-electron chi connectivity index (χ1n) is 6.90. The Bertz CT molecular complexity index is 419. The van der Waals surface area contributed by atoms with Crippen molar-refractivity contribution in [1.29, 1.82) is 0 Å². The Kier molecular flexibility index (Phi) is 5.28. The highest BCUT2D eigenvalue weighted by molar-refractivity contribution is 7.98. The van der Waals surface area contributed by atoms with Crippen LogP contribution >= 0.6 is 11.8 Å². The Morgan fingerprint density at radius 2 is 2.16 bits per heavy atom. The minimum absolute atomic E-state index is 0.156. The van der Waals surface area contributed by atoms with Gasteiger partial charge in [0.2, 0.25) is 0 Å². The molecule has 1 aliphatic heterocycles. The van der Waals surface area contributed by atoms with Crippen LogP contribution in [0.1, 0.15) is 29.8 Å². The molecule has 0 bridgehead atoms. The van der Waals surface area contributed by atoms with E-state index < -0.39 is 0 Å². The number of carbonyl (C=O) groups excluding carboxylic acids is 1. The first kappa shape index (κ1) is 14.4. The number of hydrogen-bond acceptors (Lipinski definition) is 3. The SMILES string of the molecule is CCSCc1ccc(C(=O)N2CCNC[C@H]2C)cc1. The van der Waals surface area contributed by atoms with E-state index in [2.05, 4.69) is 31.3 Å². The lowest BCUT2D eigenvalue weighted by Crippen LogP contribution is -2.52. The normalized spacial score (nSPS) is 19.5. The van der Waals surface area contributed by atoms with Crippen molar-refractivity contribution < 1.29 is 4.79 Å². The number of carbonyl (C=O) groups is 1. The van der Waals surface area contributed by atoms with Crippen molar-refractivity contribution in [2.45, 2.75) is 25.6 Å². The van der Waals surface area contributed by atoms with Crippen LogP contribution in [0.5, 0.6) is 0 Å². The third-order valence-corrected chi connectivity index (χ3v) is 4.38. The monoisotopic (exact) mass is 278 g/mol. The molecule has 1 saturated heterocycles. The van der Waals surface area contributed by atoms with Gasteiger partial charge < -0.3 is 10.2 Å². The van der Waals surface area contributed by atoms with Gasteiger partial charge in [-0.15, -0.1) is 0 Å². The van der Waals surface area contributed by atoms with Crippen molar-refractivity contribution in [3.63, 3.8) is 0 Å². The molecule has 1 N–H and O–H groups in total. The van der Waals surface area contributed by atoms with Crippen molar-refractivity contribution in [2.24, 2.45) is 0 Å². The number of nitrogens with one attached hydrogen (secondary N) is 1. The predicted octanol–water partition coefficient (Wildman–Crippen LogP) is 2.37. The minimum Gasteiger partial charge on any atom is -0.333 e. The summed E-state index contributed by atoms with van der Waals surface area (Å²) in [4.78, 5) is 14.4. The Morgan fingerprint density at radius 3 is 2.79 bits per heavy atom. The number of hydrogen-bond donors (Lipinski definition) is 1. The van der Waals surface area contributed by atoms with Crippen molar-refractivity contribution in [3.05, 3.63) is 35.4 Å². The van der Waals surface area contributed by atoms with E-state index in [1.807, 2.05) is 28.8 Å². The van der Waals surface area contributed by atoms with Crippen LogP contribution in [-0.2, 0) is 5.75 Å². The van der Waals surface area contributed by atoms with E-state index in [9.17, 15) is 4.79 Å². The van der Waals surface area contributed by atoms with E-state index in [0.717, 1.165) is 36.7 Å². The van der Waals surface area contributed by atoms with Gasteiger partial charge >= 0.3 is 0 Å². The van der Waals surface area contributed by atoms with Crippen LogP contribution < -0.4 is 5.32 Å². The average Bonchev–Trinajstić information content (AvgIpc) is 2.45. The minimum atomic E-state index is 0.156. The fourth-order valence-electron chi connectivity index (χ4n) is 2.27. The molecule has 4 heteroatoms. The summed E-state index contributed by atoms with van der Waals surface area (Å²) in [6.07, 6.45) is 0. The second-order valence-corrected chi connectivity index (χ2v) is 6.16. The zero-order valence-electron chi connectivity index (χ0n) is 11.7. The molecular formula is C15H22N2OS. The molecule has 1 aromatic rings. The van der Waals surface area contributed by atoms with Crippen LogP contribution in [0, 0.1) is 0 Å². The van der Waals surface area contributed by atoms with Crippen LogP contribution in [0.3, 0.4) is 0 Å². The fraction of sp³-hybridized carbons (Fsp3) is 0.533. The number of nitrogens with zero attached hydrogens (tertiary/aromatic N) is 1. The van der Waals surface area contributed by atoms with Crippen LogP contribution in [-0.4, -0.2) is 42.2 Å². The highest BCUT2D eigenvalue weighted by Gasteiger charge is 2.23. The molecule has 2 rings (SSSR count). The Morgan fingerprint density at radius 1 is 1.42 bits per heavy atom. The van der Waals surface area contributed by atoms with Crippen LogP contribution in [0.2, 0.25) is 0 Å². The molecular weight excluding hydrogens is 256 g/mol. The quantitative estimate of drug-likeness (QED) is 0.918. The van der Waals surface area contributed by atoms with Crippen molar-refractivity contribution in [3.8, 4) is 0 Å². The summed E-state index contributed by atoms with van der Waals surface area (Å²) in [6.45, 7) is 6.83. The number of thioether (sulfide) groups is 1. The second-order valence-electron chi connectivity index (χ2n) is 4.89. The fourth-order valence-corrected chi connectivity index (χ4v) is 2.90. The largest absolute Gasteiger partial charge is 0.333 e. The Labute approximate surface area is 119 Å². The molecule has 0 spiro atoms. The van der Waals surface area contributed by atoms with E-state index in [-0.39, 0.29) is 11.9 Å². The second kappa shape index (κ2) is 6.96. The summed E-state index contributed by atoms with van der Waals surface area (Å²) in [5.74, 6) is 2.30. The van der Waals surface area contributed by atoms with Crippen molar-refractivity contribution in [1.82, 2.24) is 10.2 Å². The molecule has 1 aromatic carbocycles. The summed E-state index contributed by atoms with van der Waals surface area (Å²) in [6, 6.07) is 8.34. The van der Waals surface area contributed by atoms with Gasteiger partial charge in [-0.1, -0.05) is 19.1 Å².